The number of nitrogens with one attached hydrogen (secondary N) is 1. The van der Waals surface area contributed by atoms with Gasteiger partial charge in [0.25, 0.3) is 0 Å². The van der Waals surface area contributed by atoms with Gasteiger partial charge in [0.1, 0.15) is 37.0 Å². The maximum atomic E-state index is 13.0. The van der Waals surface area contributed by atoms with Crippen LogP contribution in [0.2, 0.25) is 0 Å². The average molecular weight is 913 g/mol. The van der Waals surface area contributed by atoms with Crippen LogP contribution in [-0.2, 0) is 38.2 Å². The first kappa shape index (κ1) is 59.2. The van der Waals surface area contributed by atoms with Crippen LogP contribution in [-0.4, -0.2) is 112 Å². The summed E-state index contributed by atoms with van der Waals surface area (Å²) in [7, 11) is 0. The van der Waals surface area contributed by atoms with Crippen LogP contribution in [0.3, 0.4) is 0 Å². The number of primary amides is 1. The van der Waals surface area contributed by atoms with Crippen LogP contribution < -0.4 is 16.8 Å². The van der Waals surface area contributed by atoms with Gasteiger partial charge >= 0.3 is 11.9 Å². The number of carboxylic acids is 1. The van der Waals surface area contributed by atoms with E-state index in [9.17, 15) is 34.2 Å². The molecule has 1 rings (SSSR count). The minimum Gasteiger partial charge on any atom is -0.481 e. The van der Waals surface area contributed by atoms with Gasteiger partial charge in [0.2, 0.25) is 17.7 Å². The lowest BCUT2D eigenvalue weighted by Gasteiger charge is -2.44. The number of aliphatic hydroxyl groups is 2. The molecular formula is C49H92N4O11. The Labute approximate surface area is 386 Å². The number of carbonyl (C=O) groups excluding carboxylic acids is 4. The fraction of sp³-hybridized carbons (Fsp3) is 0.898. The number of hydrogen-bond donors (Lipinski definition) is 6. The number of hydrogen-bond acceptors (Lipinski definition) is 11. The number of nitrogens with zero attached hydrogens (tertiary/aromatic N) is 1. The average Bonchev–Trinajstić information content (AvgIpc) is 3.24. The zero-order chi connectivity index (χ0) is 47.5. The molecule has 374 valence electrons. The number of esters is 1. The van der Waals surface area contributed by atoms with Gasteiger partial charge in [-0.05, 0) is 26.7 Å². The van der Waals surface area contributed by atoms with Gasteiger partial charge < -0.3 is 51.2 Å². The molecule has 0 saturated carbocycles. The molecule has 0 radical (unpaired) electrons. The molecule has 1 aliphatic rings. The van der Waals surface area contributed by atoms with E-state index in [1.165, 1.54) is 168 Å². The van der Waals surface area contributed by atoms with Crippen molar-refractivity contribution >= 4 is 29.7 Å². The first-order valence-corrected chi connectivity index (χ1v) is 25.4. The van der Waals surface area contributed by atoms with Gasteiger partial charge in [-0.2, -0.15) is 0 Å². The zero-order valence-corrected chi connectivity index (χ0v) is 40.5. The fourth-order valence-corrected chi connectivity index (χ4v) is 8.56. The van der Waals surface area contributed by atoms with Gasteiger partial charge in [-0.1, -0.05) is 174 Å². The quantitative estimate of drug-likeness (QED) is 0.0255. The molecule has 15 nitrogen and oxygen atoms in total. The third kappa shape index (κ3) is 28.2. The number of unbranched alkanes of at least 4 members (excludes halogenated alkanes) is 26. The molecule has 0 aromatic heterocycles. The van der Waals surface area contributed by atoms with Crippen LogP contribution in [0.5, 0.6) is 0 Å². The Hall–Kier alpha value is -2.85. The molecule has 1 fully saturated rings. The summed E-state index contributed by atoms with van der Waals surface area (Å²) in [4.78, 5) is 62.3. The van der Waals surface area contributed by atoms with E-state index in [1.807, 2.05) is 0 Å². The molecule has 3 amide bonds. The van der Waals surface area contributed by atoms with Gasteiger partial charge in [0.15, 0.2) is 6.29 Å². The van der Waals surface area contributed by atoms with E-state index in [0.29, 0.717) is 6.42 Å². The molecule has 8 atom stereocenters. The Morgan fingerprint density at radius 2 is 1.11 bits per heavy atom. The van der Waals surface area contributed by atoms with E-state index in [2.05, 4.69) is 12.2 Å². The van der Waals surface area contributed by atoms with Gasteiger partial charge in [-0.3, -0.25) is 24.0 Å². The summed E-state index contributed by atoms with van der Waals surface area (Å²) in [6, 6.07) is -3.63. The number of rotatable bonds is 41. The number of aliphatic hydroxyl groups excluding tert-OH is 2. The third-order valence-electron chi connectivity index (χ3n) is 12.3. The Morgan fingerprint density at radius 3 is 1.48 bits per heavy atom. The van der Waals surface area contributed by atoms with Crippen LogP contribution in [0.1, 0.15) is 220 Å². The van der Waals surface area contributed by atoms with Crippen LogP contribution in [0, 0.1) is 0 Å². The van der Waals surface area contributed by atoms with E-state index >= 15 is 0 Å². The molecular weight excluding hydrogens is 821 g/mol. The van der Waals surface area contributed by atoms with E-state index in [1.54, 1.807) is 0 Å². The van der Waals surface area contributed by atoms with Crippen molar-refractivity contribution in [2.24, 2.45) is 11.5 Å². The lowest BCUT2D eigenvalue weighted by Crippen LogP contribution is -2.65. The Morgan fingerprint density at radius 1 is 0.688 bits per heavy atom. The van der Waals surface area contributed by atoms with Crippen molar-refractivity contribution in [2.75, 3.05) is 13.2 Å². The van der Waals surface area contributed by atoms with Gasteiger partial charge in [-0.15, -0.1) is 0 Å². The van der Waals surface area contributed by atoms with Crippen molar-refractivity contribution in [1.82, 2.24) is 10.2 Å². The van der Waals surface area contributed by atoms with Gasteiger partial charge in [-0.25, -0.2) is 0 Å². The van der Waals surface area contributed by atoms with Crippen molar-refractivity contribution < 1.29 is 53.5 Å². The second-order valence-electron chi connectivity index (χ2n) is 18.4. The van der Waals surface area contributed by atoms with Crippen LogP contribution >= 0.6 is 0 Å². The lowest BCUT2D eigenvalue weighted by atomic mass is 9.96. The topological polar surface area (TPSA) is 241 Å². The van der Waals surface area contributed by atoms with Crippen molar-refractivity contribution in [3.63, 3.8) is 0 Å². The molecule has 64 heavy (non-hydrogen) atoms. The monoisotopic (exact) mass is 913 g/mol. The molecule has 0 spiro atoms. The smallest absolute Gasteiger partial charge is 0.305 e. The molecule has 1 saturated heterocycles. The fourth-order valence-electron chi connectivity index (χ4n) is 8.56. The first-order chi connectivity index (χ1) is 30.7. The minimum absolute atomic E-state index is 0.197. The van der Waals surface area contributed by atoms with Crippen molar-refractivity contribution in [3.05, 3.63) is 0 Å². The zero-order valence-electron chi connectivity index (χ0n) is 40.5. The molecule has 1 unspecified atom stereocenters. The van der Waals surface area contributed by atoms with E-state index in [4.69, 9.17) is 30.8 Å². The highest BCUT2D eigenvalue weighted by molar-refractivity contribution is 5.89. The highest BCUT2D eigenvalue weighted by atomic mass is 16.6. The maximum absolute atomic E-state index is 13.0. The second-order valence-corrected chi connectivity index (χ2v) is 18.4. The predicted molar refractivity (Wildman–Crippen MR) is 250 cm³/mol. The Kier molecular flexibility index (Phi) is 34.4. The first-order valence-electron chi connectivity index (χ1n) is 25.4. The largest absolute Gasteiger partial charge is 0.481 e. The number of nitrogens with two attached hydrogens (primary N) is 2. The molecule has 1 heterocycles. The number of ether oxygens (including phenoxy) is 3. The van der Waals surface area contributed by atoms with Gasteiger partial charge in [0, 0.05) is 26.3 Å². The van der Waals surface area contributed by atoms with Crippen LogP contribution in [0.25, 0.3) is 0 Å². The summed E-state index contributed by atoms with van der Waals surface area (Å²) in [5, 5.41) is 33.8. The van der Waals surface area contributed by atoms with E-state index in [0.717, 1.165) is 24.2 Å². The van der Waals surface area contributed by atoms with E-state index in [-0.39, 0.29) is 26.0 Å². The SMILES string of the molecule is CCCCCCCCCCCCCCCCCCCCCCCCCCCCCC(=O)OC[C@H]1O[C@H](O)[C@H](NC(C)=O)[C@@H](OC(C)CN(C(=O)[C@H](C)N)[C@H](CCC(=O)O)C(N)=O)[C@@H]1O. The highest BCUT2D eigenvalue weighted by Gasteiger charge is 2.47. The van der Waals surface area contributed by atoms with Crippen molar-refractivity contribution in [3.8, 4) is 0 Å². The Balaban J connectivity index is 2.27. The van der Waals surface area contributed by atoms with Gasteiger partial charge in [0.05, 0.1) is 12.1 Å². The summed E-state index contributed by atoms with van der Waals surface area (Å²) >= 11 is 0. The lowest BCUT2D eigenvalue weighted by molar-refractivity contribution is -0.269. The summed E-state index contributed by atoms with van der Waals surface area (Å²) < 4.78 is 17.0. The third-order valence-corrected chi connectivity index (χ3v) is 12.3. The Bertz CT molecular complexity index is 1260. The predicted octanol–water partition coefficient (Wildman–Crippen LogP) is 7.72. The normalized spacial score (nSPS) is 20.0. The van der Waals surface area contributed by atoms with Crippen molar-refractivity contribution in [2.45, 2.75) is 269 Å². The van der Waals surface area contributed by atoms with E-state index < -0.39 is 84.9 Å². The molecule has 0 bridgehead atoms. The molecule has 15 heteroatoms. The highest BCUT2D eigenvalue weighted by Crippen LogP contribution is 2.26. The second kappa shape index (κ2) is 37.3. The molecule has 0 aliphatic carbocycles. The number of aliphatic carboxylic acids is 1. The summed E-state index contributed by atoms with van der Waals surface area (Å²) in [5.41, 5.74) is 11.4. The summed E-state index contributed by atoms with van der Waals surface area (Å²) in [6.45, 7) is 5.74. The molecule has 0 aromatic rings. The molecule has 0 aromatic carbocycles. The maximum Gasteiger partial charge on any atom is 0.305 e. The molecule has 1 aliphatic heterocycles. The number of carboxylic acid groups (broad SMARTS) is 1. The van der Waals surface area contributed by atoms with Crippen LogP contribution in [0.4, 0.5) is 0 Å². The van der Waals surface area contributed by atoms with Crippen LogP contribution in [0.15, 0.2) is 0 Å². The number of amides is 3. The standard InChI is InChI=1S/C49H92N4O11/c1-5-6-7-8-9-10-11-12-13-14-15-16-17-18-19-20-21-22-23-24-25-26-27-28-29-30-31-32-43(57)62-36-41-45(58)46(44(49(61)64-41)52-39(4)54)63-37(2)35-53(48(60)38(3)50)40(47(51)59)33-34-42(55)56/h37-38,40-41,44-46,49,58,61H,5-36,50H2,1-4H3,(H2,51,59)(H,52,54)(H,55,56)/t37?,38-,40+,41+,44+,45+,46+,49-/m0/s1. The summed E-state index contributed by atoms with van der Waals surface area (Å²) in [6.07, 6.45) is 28.2. The summed E-state index contributed by atoms with van der Waals surface area (Å²) in [5.74, 6) is -3.83. The minimum atomic E-state index is -1.66. The van der Waals surface area contributed by atoms with Crippen molar-refractivity contribution in [1.29, 1.82) is 0 Å². The number of carbonyl (C=O) groups is 5. The molecule has 8 N–H and O–H groups in total.